The lowest BCUT2D eigenvalue weighted by Crippen LogP contribution is -2.42. The van der Waals surface area contributed by atoms with Gasteiger partial charge >= 0.3 is 0 Å². The second kappa shape index (κ2) is 9.02. The van der Waals surface area contributed by atoms with Crippen molar-refractivity contribution in [1.29, 1.82) is 0 Å². The lowest BCUT2D eigenvalue weighted by atomic mass is 9.88. The van der Waals surface area contributed by atoms with E-state index in [1.54, 1.807) is 31.3 Å². The zero-order valence-electron chi connectivity index (χ0n) is 20.2. The van der Waals surface area contributed by atoms with Gasteiger partial charge in [-0.15, -0.1) is 0 Å². The number of nitrogens with one attached hydrogen (secondary N) is 2. The van der Waals surface area contributed by atoms with Crippen molar-refractivity contribution in [3.8, 4) is 11.3 Å². The molecular weight excluding hydrogens is 436 g/mol. The molecule has 0 radical (unpaired) electrons. The molecule has 0 saturated carbocycles. The van der Waals surface area contributed by atoms with Crippen molar-refractivity contribution in [1.82, 2.24) is 15.1 Å². The maximum absolute atomic E-state index is 13.3. The average Bonchev–Trinajstić information content (AvgIpc) is 3.02. The second-order valence-corrected chi connectivity index (χ2v) is 11.2. The lowest BCUT2D eigenvalue weighted by molar-refractivity contribution is 0.0901. The molecule has 0 unspecified atom stereocenters. The topological polar surface area (TPSA) is 93.1 Å². The normalized spacial score (nSPS) is 12.9. The van der Waals surface area contributed by atoms with Gasteiger partial charge in [0, 0.05) is 18.7 Å². The van der Waals surface area contributed by atoms with Crippen LogP contribution in [-0.4, -0.2) is 30.1 Å². The van der Waals surface area contributed by atoms with Gasteiger partial charge in [-0.2, -0.15) is 5.10 Å². The van der Waals surface area contributed by atoms with Crippen molar-refractivity contribution < 1.29 is 13.2 Å². The van der Waals surface area contributed by atoms with Crippen molar-refractivity contribution in [3.05, 3.63) is 65.4 Å². The molecule has 1 aromatic heterocycles. The molecule has 0 saturated heterocycles. The molecule has 2 aromatic carbocycles. The largest absolute Gasteiger partial charge is 0.348 e. The average molecular weight is 469 g/mol. The monoisotopic (exact) mass is 468 g/mol. The Balaban J connectivity index is 2.14. The molecule has 0 bridgehead atoms. The van der Waals surface area contributed by atoms with Gasteiger partial charge in [0.15, 0.2) is 5.69 Å². The number of nitrogens with zero attached hydrogens (tertiary/aromatic N) is 2. The zero-order chi connectivity index (χ0) is 24.6. The maximum Gasteiger partial charge on any atom is 0.271 e. The van der Waals surface area contributed by atoms with Gasteiger partial charge in [-0.3, -0.25) is 14.2 Å². The lowest BCUT2D eigenvalue weighted by Gasteiger charge is -2.28. The van der Waals surface area contributed by atoms with Crippen molar-refractivity contribution in [2.75, 3.05) is 4.72 Å². The molecule has 176 valence electrons. The summed E-state index contributed by atoms with van der Waals surface area (Å²) in [6.07, 6.45) is 0. The summed E-state index contributed by atoms with van der Waals surface area (Å²) in [6, 6.07) is 14.0. The highest BCUT2D eigenvalue weighted by molar-refractivity contribution is 7.92. The summed E-state index contributed by atoms with van der Waals surface area (Å²) in [6.45, 7) is 11.8. The van der Waals surface area contributed by atoms with Crippen molar-refractivity contribution in [2.45, 2.75) is 52.5 Å². The number of carbonyl (C=O) groups is 1. The standard InChI is InChI=1S/C25H32N4O3S/c1-16-11-13-20(14-12-16)33(31,32)28-22-21(19-10-8-9-17(2)15-19)27-29(7)23(22)24(30)26-18(3)25(4,5)6/h8-15,18,28H,1-7H3,(H,26,30)/t18-/m0/s1. The third kappa shape index (κ3) is 5.45. The van der Waals surface area contributed by atoms with Crippen LogP contribution in [0.25, 0.3) is 11.3 Å². The number of amides is 1. The number of sulfonamides is 1. The number of aromatic nitrogens is 2. The van der Waals surface area contributed by atoms with E-state index in [-0.39, 0.29) is 27.7 Å². The highest BCUT2D eigenvalue weighted by Crippen LogP contribution is 2.33. The summed E-state index contributed by atoms with van der Waals surface area (Å²) in [4.78, 5) is 13.4. The molecule has 1 amide bonds. The van der Waals surface area contributed by atoms with Crippen LogP contribution >= 0.6 is 0 Å². The van der Waals surface area contributed by atoms with E-state index in [0.717, 1.165) is 16.7 Å². The van der Waals surface area contributed by atoms with E-state index < -0.39 is 15.9 Å². The fourth-order valence-corrected chi connectivity index (χ4v) is 4.34. The third-order valence-corrected chi connectivity index (χ3v) is 7.13. The fraction of sp³-hybridized carbons (Fsp3) is 0.360. The Bertz CT molecular complexity index is 1270. The molecule has 0 aliphatic heterocycles. The van der Waals surface area contributed by atoms with E-state index in [9.17, 15) is 13.2 Å². The molecule has 0 fully saturated rings. The highest BCUT2D eigenvalue weighted by atomic mass is 32.2. The van der Waals surface area contributed by atoms with E-state index in [2.05, 4.69) is 15.1 Å². The van der Waals surface area contributed by atoms with Crippen LogP contribution in [0.2, 0.25) is 0 Å². The van der Waals surface area contributed by atoms with Crippen LogP contribution in [-0.2, 0) is 17.1 Å². The summed E-state index contributed by atoms with van der Waals surface area (Å²) < 4.78 is 30.6. The van der Waals surface area contributed by atoms with E-state index in [1.165, 1.54) is 4.68 Å². The van der Waals surface area contributed by atoms with Gasteiger partial charge in [0.1, 0.15) is 11.4 Å². The molecule has 1 atom stereocenters. The molecule has 33 heavy (non-hydrogen) atoms. The Morgan fingerprint density at radius 1 is 1.03 bits per heavy atom. The minimum Gasteiger partial charge on any atom is -0.348 e. The smallest absolute Gasteiger partial charge is 0.271 e. The predicted molar refractivity (Wildman–Crippen MR) is 132 cm³/mol. The molecule has 8 heteroatoms. The molecule has 0 aliphatic rings. The van der Waals surface area contributed by atoms with Crippen LogP contribution in [0.4, 0.5) is 5.69 Å². The first-order chi connectivity index (χ1) is 15.3. The van der Waals surface area contributed by atoms with Crippen molar-refractivity contribution >= 4 is 21.6 Å². The van der Waals surface area contributed by atoms with Gasteiger partial charge in [-0.05, 0) is 44.4 Å². The van der Waals surface area contributed by atoms with Crippen LogP contribution in [0.1, 0.15) is 49.3 Å². The molecule has 0 aliphatic carbocycles. The molecule has 3 rings (SSSR count). The Morgan fingerprint density at radius 3 is 2.24 bits per heavy atom. The van der Waals surface area contributed by atoms with E-state index in [4.69, 9.17) is 0 Å². The number of anilines is 1. The molecule has 7 nitrogen and oxygen atoms in total. The first-order valence-electron chi connectivity index (χ1n) is 10.8. The summed E-state index contributed by atoms with van der Waals surface area (Å²) in [5.41, 5.74) is 3.20. The number of hydrogen-bond acceptors (Lipinski definition) is 4. The number of rotatable bonds is 6. The Hall–Kier alpha value is -3.13. The van der Waals surface area contributed by atoms with Crippen LogP contribution in [0.3, 0.4) is 0 Å². The van der Waals surface area contributed by atoms with Crippen LogP contribution < -0.4 is 10.0 Å². The fourth-order valence-electron chi connectivity index (χ4n) is 3.27. The summed E-state index contributed by atoms with van der Waals surface area (Å²) >= 11 is 0. The van der Waals surface area contributed by atoms with Gasteiger partial charge < -0.3 is 5.32 Å². The van der Waals surface area contributed by atoms with Gasteiger partial charge in [0.25, 0.3) is 15.9 Å². The first kappa shape index (κ1) is 24.5. The number of carbonyl (C=O) groups excluding carboxylic acids is 1. The van der Waals surface area contributed by atoms with Crippen molar-refractivity contribution in [2.24, 2.45) is 12.5 Å². The molecule has 2 N–H and O–H groups in total. The summed E-state index contributed by atoms with van der Waals surface area (Å²) in [7, 11) is -2.32. The molecular formula is C25H32N4O3S. The van der Waals surface area contributed by atoms with Crippen LogP contribution in [0.15, 0.2) is 53.4 Å². The van der Waals surface area contributed by atoms with E-state index in [0.29, 0.717) is 5.69 Å². The highest BCUT2D eigenvalue weighted by Gasteiger charge is 2.30. The van der Waals surface area contributed by atoms with Crippen LogP contribution in [0.5, 0.6) is 0 Å². The Labute approximate surface area is 196 Å². The maximum atomic E-state index is 13.3. The van der Waals surface area contributed by atoms with Gasteiger partial charge in [0.2, 0.25) is 0 Å². The van der Waals surface area contributed by atoms with Gasteiger partial charge in [-0.25, -0.2) is 8.42 Å². The minimum atomic E-state index is -3.95. The number of aryl methyl sites for hydroxylation is 3. The Morgan fingerprint density at radius 2 is 1.67 bits per heavy atom. The molecule has 3 aromatic rings. The zero-order valence-corrected chi connectivity index (χ0v) is 21.0. The second-order valence-electron chi connectivity index (χ2n) is 9.55. The SMILES string of the molecule is Cc1ccc(S(=O)(=O)Nc2c(-c3cccc(C)c3)nn(C)c2C(=O)N[C@@H](C)C(C)(C)C)cc1. The van der Waals surface area contributed by atoms with Gasteiger partial charge in [0.05, 0.1) is 4.90 Å². The Kier molecular flexibility index (Phi) is 6.70. The van der Waals surface area contributed by atoms with E-state index in [1.807, 2.05) is 65.8 Å². The number of benzene rings is 2. The van der Waals surface area contributed by atoms with Crippen molar-refractivity contribution in [3.63, 3.8) is 0 Å². The summed E-state index contributed by atoms with van der Waals surface area (Å²) in [5, 5.41) is 7.53. The van der Waals surface area contributed by atoms with E-state index >= 15 is 0 Å². The van der Waals surface area contributed by atoms with Crippen LogP contribution in [0, 0.1) is 19.3 Å². The third-order valence-electron chi connectivity index (χ3n) is 5.77. The molecule has 0 spiro atoms. The van der Waals surface area contributed by atoms with Gasteiger partial charge in [-0.1, -0.05) is 62.2 Å². The first-order valence-corrected chi connectivity index (χ1v) is 12.3. The number of hydrogen-bond donors (Lipinski definition) is 2. The molecule has 1 heterocycles. The summed E-state index contributed by atoms with van der Waals surface area (Å²) in [5.74, 6) is -0.395. The quantitative estimate of drug-likeness (QED) is 0.550. The minimum absolute atomic E-state index is 0.113. The predicted octanol–water partition coefficient (Wildman–Crippen LogP) is 4.67.